The number of pyridine rings is 1. The van der Waals surface area contributed by atoms with Crippen LogP contribution in [0.5, 0.6) is 0 Å². The zero-order valence-corrected chi connectivity index (χ0v) is 17.1. The van der Waals surface area contributed by atoms with Crippen molar-refractivity contribution < 1.29 is 4.74 Å². The molecular weight excluding hydrogens is 350 g/mol. The molecule has 1 aromatic heterocycles. The lowest BCUT2D eigenvalue weighted by atomic mass is 10.2. The third-order valence-corrected chi connectivity index (χ3v) is 4.75. The summed E-state index contributed by atoms with van der Waals surface area (Å²) in [6.07, 6.45) is 2.12. The Bertz CT molecular complexity index is 765. The fraction of sp³-hybridized carbons (Fsp3) is 0.455. The van der Waals surface area contributed by atoms with Crippen LogP contribution < -0.4 is 10.2 Å². The quantitative estimate of drug-likeness (QED) is 0.616. The maximum atomic E-state index is 5.64. The molecule has 1 unspecified atom stereocenters. The molecule has 0 aliphatic carbocycles. The highest BCUT2D eigenvalue weighted by Crippen LogP contribution is 2.17. The Morgan fingerprint density at radius 1 is 1.29 bits per heavy atom. The molecule has 3 rings (SSSR count). The molecule has 28 heavy (non-hydrogen) atoms. The number of aliphatic imine (C=N–C) groups is 1. The standard InChI is InChI=1S/C22H31N5O/c1-4-23-22(26(3)17-19-8-6-5-7-9-19)25-15-20-10-11-24-21(14-20)27-12-13-28-18(2)16-27/h5-11,14,18H,4,12-13,15-17H2,1-3H3,(H,23,25). The van der Waals surface area contributed by atoms with Gasteiger partial charge in [0.05, 0.1) is 19.3 Å². The van der Waals surface area contributed by atoms with E-state index in [-0.39, 0.29) is 6.10 Å². The molecule has 0 saturated carbocycles. The number of ether oxygens (including phenoxy) is 1. The molecule has 6 nitrogen and oxygen atoms in total. The lowest BCUT2D eigenvalue weighted by Gasteiger charge is -2.32. The largest absolute Gasteiger partial charge is 0.375 e. The van der Waals surface area contributed by atoms with Crippen molar-refractivity contribution in [3.8, 4) is 0 Å². The van der Waals surface area contributed by atoms with Crippen molar-refractivity contribution in [3.05, 3.63) is 59.8 Å². The van der Waals surface area contributed by atoms with E-state index >= 15 is 0 Å². The van der Waals surface area contributed by atoms with Crippen molar-refractivity contribution in [2.75, 3.05) is 38.2 Å². The molecular formula is C22H31N5O. The summed E-state index contributed by atoms with van der Waals surface area (Å²) in [7, 11) is 2.07. The fourth-order valence-corrected chi connectivity index (χ4v) is 3.33. The normalized spacial score (nSPS) is 17.5. The lowest BCUT2D eigenvalue weighted by molar-refractivity contribution is 0.0529. The van der Waals surface area contributed by atoms with E-state index in [4.69, 9.17) is 9.73 Å². The van der Waals surface area contributed by atoms with Crippen LogP contribution in [0.3, 0.4) is 0 Å². The maximum absolute atomic E-state index is 5.64. The van der Waals surface area contributed by atoms with Crippen LogP contribution >= 0.6 is 0 Å². The number of nitrogens with one attached hydrogen (secondary N) is 1. The molecule has 150 valence electrons. The van der Waals surface area contributed by atoms with Gasteiger partial charge < -0.3 is 19.9 Å². The van der Waals surface area contributed by atoms with E-state index in [1.807, 2.05) is 18.3 Å². The van der Waals surface area contributed by atoms with Crippen molar-refractivity contribution in [2.24, 2.45) is 4.99 Å². The van der Waals surface area contributed by atoms with Gasteiger partial charge in [-0.05, 0) is 37.1 Å². The van der Waals surface area contributed by atoms with Gasteiger partial charge >= 0.3 is 0 Å². The maximum Gasteiger partial charge on any atom is 0.194 e. The summed E-state index contributed by atoms with van der Waals surface area (Å²) >= 11 is 0. The Hall–Kier alpha value is -2.60. The first-order valence-corrected chi connectivity index (χ1v) is 10.0. The molecule has 1 atom stereocenters. The minimum absolute atomic E-state index is 0.240. The molecule has 0 amide bonds. The number of anilines is 1. The van der Waals surface area contributed by atoms with Gasteiger partial charge in [-0.1, -0.05) is 30.3 Å². The number of aromatic nitrogens is 1. The highest BCUT2D eigenvalue weighted by molar-refractivity contribution is 5.79. The summed E-state index contributed by atoms with van der Waals surface area (Å²) in [6, 6.07) is 14.6. The molecule has 1 aliphatic heterocycles. The number of nitrogens with zero attached hydrogens (tertiary/aromatic N) is 4. The number of hydrogen-bond acceptors (Lipinski definition) is 4. The Kier molecular flexibility index (Phi) is 7.25. The summed E-state index contributed by atoms with van der Waals surface area (Å²) in [5, 5.41) is 3.39. The summed E-state index contributed by atoms with van der Waals surface area (Å²) < 4.78 is 5.64. The van der Waals surface area contributed by atoms with Crippen LogP contribution in [0.2, 0.25) is 0 Å². The van der Waals surface area contributed by atoms with Gasteiger partial charge in [0.25, 0.3) is 0 Å². The average molecular weight is 382 g/mol. The highest BCUT2D eigenvalue weighted by atomic mass is 16.5. The van der Waals surface area contributed by atoms with Gasteiger partial charge in [-0.15, -0.1) is 0 Å². The summed E-state index contributed by atoms with van der Waals surface area (Å²) in [4.78, 5) is 13.8. The van der Waals surface area contributed by atoms with Gasteiger partial charge in [0.1, 0.15) is 5.82 Å². The molecule has 0 radical (unpaired) electrons. The third-order valence-electron chi connectivity index (χ3n) is 4.75. The Labute approximate surface area is 168 Å². The Balaban J connectivity index is 1.67. The minimum Gasteiger partial charge on any atom is -0.375 e. The molecule has 1 aromatic carbocycles. The van der Waals surface area contributed by atoms with Crippen molar-refractivity contribution in [3.63, 3.8) is 0 Å². The van der Waals surface area contributed by atoms with Crippen molar-refractivity contribution in [1.29, 1.82) is 0 Å². The van der Waals surface area contributed by atoms with Crippen LogP contribution in [0.25, 0.3) is 0 Å². The van der Waals surface area contributed by atoms with Gasteiger partial charge in [-0.3, -0.25) is 0 Å². The van der Waals surface area contributed by atoms with Crippen LogP contribution in [0.4, 0.5) is 5.82 Å². The molecule has 1 saturated heterocycles. The van der Waals surface area contributed by atoms with E-state index in [1.165, 1.54) is 5.56 Å². The molecule has 0 spiro atoms. The first-order valence-electron chi connectivity index (χ1n) is 10.0. The van der Waals surface area contributed by atoms with E-state index in [9.17, 15) is 0 Å². The molecule has 2 aromatic rings. The van der Waals surface area contributed by atoms with Gasteiger partial charge in [0.2, 0.25) is 0 Å². The Morgan fingerprint density at radius 2 is 2.11 bits per heavy atom. The number of morpholine rings is 1. The van der Waals surface area contributed by atoms with Crippen LogP contribution in [-0.4, -0.2) is 55.2 Å². The SMILES string of the molecule is CCNC(=NCc1ccnc(N2CCOC(C)C2)c1)N(C)Cc1ccccc1. The van der Waals surface area contributed by atoms with Gasteiger partial charge in [-0.25, -0.2) is 9.98 Å². The first kappa shape index (κ1) is 20.1. The van der Waals surface area contributed by atoms with Crippen LogP contribution in [0, 0.1) is 0 Å². The van der Waals surface area contributed by atoms with Crippen molar-refractivity contribution >= 4 is 11.8 Å². The molecule has 0 bridgehead atoms. The number of rotatable bonds is 6. The predicted molar refractivity (Wildman–Crippen MR) is 115 cm³/mol. The second kappa shape index (κ2) is 10.1. The lowest BCUT2D eigenvalue weighted by Crippen LogP contribution is -2.41. The van der Waals surface area contributed by atoms with Crippen LogP contribution in [-0.2, 0) is 17.8 Å². The second-order valence-electron chi connectivity index (χ2n) is 7.16. The molecule has 1 N–H and O–H groups in total. The number of hydrogen-bond donors (Lipinski definition) is 1. The van der Waals surface area contributed by atoms with Crippen molar-refractivity contribution in [2.45, 2.75) is 33.0 Å². The van der Waals surface area contributed by atoms with Gasteiger partial charge in [0, 0.05) is 39.4 Å². The monoisotopic (exact) mass is 381 g/mol. The van der Waals surface area contributed by atoms with E-state index in [1.54, 1.807) is 0 Å². The zero-order valence-electron chi connectivity index (χ0n) is 17.1. The smallest absolute Gasteiger partial charge is 0.194 e. The molecule has 1 fully saturated rings. The predicted octanol–water partition coefficient (Wildman–Crippen LogP) is 2.90. The van der Waals surface area contributed by atoms with Gasteiger partial charge in [0.15, 0.2) is 5.96 Å². The highest BCUT2D eigenvalue weighted by Gasteiger charge is 2.18. The minimum atomic E-state index is 0.240. The van der Waals surface area contributed by atoms with E-state index in [2.05, 4.69) is 71.3 Å². The molecule has 2 heterocycles. The molecule has 1 aliphatic rings. The summed E-state index contributed by atoms with van der Waals surface area (Å²) in [6.45, 7) is 8.98. The molecule has 6 heteroatoms. The van der Waals surface area contributed by atoms with Crippen LogP contribution in [0.15, 0.2) is 53.7 Å². The summed E-state index contributed by atoms with van der Waals surface area (Å²) in [5.74, 6) is 1.91. The van der Waals surface area contributed by atoms with E-state index in [0.717, 1.165) is 50.1 Å². The Morgan fingerprint density at radius 3 is 2.86 bits per heavy atom. The van der Waals surface area contributed by atoms with E-state index < -0.39 is 0 Å². The average Bonchev–Trinajstić information content (AvgIpc) is 2.72. The first-order chi connectivity index (χ1) is 13.7. The third kappa shape index (κ3) is 5.70. The topological polar surface area (TPSA) is 53.0 Å². The fourth-order valence-electron chi connectivity index (χ4n) is 3.33. The number of benzene rings is 1. The number of guanidine groups is 1. The zero-order chi connectivity index (χ0) is 19.8. The van der Waals surface area contributed by atoms with Crippen molar-refractivity contribution in [1.82, 2.24) is 15.2 Å². The van der Waals surface area contributed by atoms with Crippen LogP contribution in [0.1, 0.15) is 25.0 Å². The van der Waals surface area contributed by atoms with E-state index in [0.29, 0.717) is 6.54 Å². The summed E-state index contributed by atoms with van der Waals surface area (Å²) in [5.41, 5.74) is 2.43. The van der Waals surface area contributed by atoms with Gasteiger partial charge in [-0.2, -0.15) is 0 Å². The second-order valence-corrected chi connectivity index (χ2v) is 7.16.